The van der Waals surface area contributed by atoms with E-state index in [-0.39, 0.29) is 5.92 Å². The predicted molar refractivity (Wildman–Crippen MR) is 41.1 cm³/mol. The number of carbonyl (C=O) groups is 1. The first-order valence-electron chi connectivity index (χ1n) is 4.11. The SMILES string of the molecule is O=CC1COCC2CC=CC12. The lowest BCUT2D eigenvalue weighted by atomic mass is 9.84. The van der Waals surface area contributed by atoms with Crippen molar-refractivity contribution in [2.75, 3.05) is 13.2 Å². The average Bonchev–Trinajstić information content (AvgIpc) is 2.50. The number of fused-ring (bicyclic) bond motifs is 1. The fraction of sp³-hybridized carbons (Fsp3) is 0.667. The summed E-state index contributed by atoms with van der Waals surface area (Å²) in [5.74, 6) is 1.17. The van der Waals surface area contributed by atoms with Crippen LogP contribution in [0.25, 0.3) is 0 Å². The highest BCUT2D eigenvalue weighted by molar-refractivity contribution is 5.55. The van der Waals surface area contributed by atoms with E-state index in [9.17, 15) is 4.79 Å². The summed E-state index contributed by atoms with van der Waals surface area (Å²) in [5.41, 5.74) is 0. The third-order valence-electron chi connectivity index (χ3n) is 2.65. The molecule has 2 rings (SSSR count). The molecule has 2 nitrogen and oxygen atoms in total. The second kappa shape index (κ2) is 2.78. The Labute approximate surface area is 66.2 Å². The second-order valence-corrected chi connectivity index (χ2v) is 3.34. The van der Waals surface area contributed by atoms with Gasteiger partial charge in [0, 0.05) is 5.92 Å². The summed E-state index contributed by atoms with van der Waals surface area (Å²) in [7, 11) is 0. The Morgan fingerprint density at radius 2 is 2.36 bits per heavy atom. The fourth-order valence-corrected chi connectivity index (χ4v) is 1.99. The van der Waals surface area contributed by atoms with Crippen molar-refractivity contribution in [1.29, 1.82) is 0 Å². The maximum atomic E-state index is 10.6. The summed E-state index contributed by atoms with van der Waals surface area (Å²) in [6.07, 6.45) is 6.47. The molecule has 2 heteroatoms. The van der Waals surface area contributed by atoms with Crippen molar-refractivity contribution in [3.8, 4) is 0 Å². The van der Waals surface area contributed by atoms with E-state index < -0.39 is 0 Å². The number of ether oxygens (including phenoxy) is 1. The molecule has 1 aliphatic carbocycles. The first-order valence-corrected chi connectivity index (χ1v) is 4.11. The van der Waals surface area contributed by atoms with Gasteiger partial charge in [-0.15, -0.1) is 0 Å². The van der Waals surface area contributed by atoms with Gasteiger partial charge in [0.25, 0.3) is 0 Å². The number of rotatable bonds is 1. The van der Waals surface area contributed by atoms with E-state index in [1.807, 2.05) is 0 Å². The Balaban J connectivity index is 2.11. The molecule has 0 aromatic heterocycles. The molecule has 3 atom stereocenters. The van der Waals surface area contributed by atoms with Crippen molar-refractivity contribution in [2.24, 2.45) is 17.8 Å². The van der Waals surface area contributed by atoms with Gasteiger partial charge in [0.1, 0.15) is 6.29 Å². The summed E-state index contributed by atoms with van der Waals surface area (Å²) < 4.78 is 5.32. The van der Waals surface area contributed by atoms with Gasteiger partial charge in [0.15, 0.2) is 0 Å². The zero-order valence-corrected chi connectivity index (χ0v) is 6.40. The van der Waals surface area contributed by atoms with Gasteiger partial charge in [-0.05, 0) is 18.3 Å². The molecule has 0 amide bonds. The first-order chi connectivity index (χ1) is 5.42. The second-order valence-electron chi connectivity index (χ2n) is 3.34. The van der Waals surface area contributed by atoms with E-state index >= 15 is 0 Å². The van der Waals surface area contributed by atoms with Gasteiger partial charge in [-0.2, -0.15) is 0 Å². The van der Waals surface area contributed by atoms with Crippen LogP contribution in [-0.4, -0.2) is 19.5 Å². The molecular formula is C9H12O2. The molecule has 2 aliphatic rings. The zero-order valence-electron chi connectivity index (χ0n) is 6.40. The van der Waals surface area contributed by atoms with E-state index in [1.165, 1.54) is 0 Å². The minimum absolute atomic E-state index is 0.118. The van der Waals surface area contributed by atoms with E-state index in [0.29, 0.717) is 18.4 Å². The summed E-state index contributed by atoms with van der Waals surface area (Å²) in [4.78, 5) is 10.6. The van der Waals surface area contributed by atoms with E-state index in [0.717, 1.165) is 19.3 Å². The number of carbonyl (C=O) groups excluding carboxylic acids is 1. The summed E-state index contributed by atoms with van der Waals surface area (Å²) in [5, 5.41) is 0. The molecule has 11 heavy (non-hydrogen) atoms. The highest BCUT2D eigenvalue weighted by Crippen LogP contribution is 2.34. The van der Waals surface area contributed by atoms with Gasteiger partial charge < -0.3 is 9.53 Å². The maximum absolute atomic E-state index is 10.6. The van der Waals surface area contributed by atoms with Crippen molar-refractivity contribution in [3.05, 3.63) is 12.2 Å². The topological polar surface area (TPSA) is 26.3 Å². The molecule has 0 aromatic carbocycles. The van der Waals surface area contributed by atoms with Crippen LogP contribution in [0.1, 0.15) is 6.42 Å². The van der Waals surface area contributed by atoms with Crippen molar-refractivity contribution in [1.82, 2.24) is 0 Å². The summed E-state index contributed by atoms with van der Waals surface area (Å²) >= 11 is 0. The molecule has 0 aromatic rings. The van der Waals surface area contributed by atoms with Gasteiger partial charge in [-0.25, -0.2) is 0 Å². The maximum Gasteiger partial charge on any atom is 0.125 e. The Morgan fingerprint density at radius 1 is 1.45 bits per heavy atom. The molecule has 0 bridgehead atoms. The number of hydrogen-bond donors (Lipinski definition) is 0. The van der Waals surface area contributed by atoms with E-state index in [4.69, 9.17) is 4.74 Å². The van der Waals surface area contributed by atoms with Gasteiger partial charge in [-0.1, -0.05) is 12.2 Å². The largest absolute Gasteiger partial charge is 0.380 e. The van der Waals surface area contributed by atoms with Crippen molar-refractivity contribution in [3.63, 3.8) is 0 Å². The summed E-state index contributed by atoms with van der Waals surface area (Å²) in [6.45, 7) is 1.46. The lowest BCUT2D eigenvalue weighted by molar-refractivity contribution is -0.118. The minimum Gasteiger partial charge on any atom is -0.380 e. The Morgan fingerprint density at radius 3 is 3.18 bits per heavy atom. The number of aldehydes is 1. The number of allylic oxidation sites excluding steroid dienone is 2. The Hall–Kier alpha value is -0.630. The van der Waals surface area contributed by atoms with Crippen molar-refractivity contribution < 1.29 is 9.53 Å². The monoisotopic (exact) mass is 152 g/mol. The molecular weight excluding hydrogens is 140 g/mol. The highest BCUT2D eigenvalue weighted by Gasteiger charge is 2.33. The smallest absolute Gasteiger partial charge is 0.125 e. The molecule has 0 saturated carbocycles. The first kappa shape index (κ1) is 7.04. The lowest BCUT2D eigenvalue weighted by Crippen LogP contribution is -2.33. The molecule has 0 N–H and O–H groups in total. The molecule has 3 unspecified atom stereocenters. The van der Waals surface area contributed by atoms with Gasteiger partial charge in [0.05, 0.1) is 13.2 Å². The molecule has 60 valence electrons. The molecule has 0 spiro atoms. The van der Waals surface area contributed by atoms with E-state index in [1.54, 1.807) is 0 Å². The zero-order chi connectivity index (χ0) is 7.68. The molecule has 1 saturated heterocycles. The van der Waals surface area contributed by atoms with Crippen LogP contribution in [0, 0.1) is 17.8 Å². The predicted octanol–water partition coefficient (Wildman–Crippen LogP) is 1.02. The average molecular weight is 152 g/mol. The van der Waals surface area contributed by atoms with Crippen LogP contribution in [0.2, 0.25) is 0 Å². The minimum atomic E-state index is 0.118. The standard InChI is InChI=1S/C9H12O2/c10-4-8-6-11-5-7-2-1-3-9(7)8/h1,3-4,7-9H,2,5-6H2. The van der Waals surface area contributed by atoms with Crippen LogP contribution < -0.4 is 0 Å². The van der Waals surface area contributed by atoms with E-state index in [2.05, 4.69) is 12.2 Å². The quantitative estimate of drug-likeness (QED) is 0.414. The van der Waals surface area contributed by atoms with Crippen molar-refractivity contribution in [2.45, 2.75) is 6.42 Å². The lowest BCUT2D eigenvalue weighted by Gasteiger charge is -2.29. The van der Waals surface area contributed by atoms with Crippen LogP contribution in [0.3, 0.4) is 0 Å². The highest BCUT2D eigenvalue weighted by atomic mass is 16.5. The molecule has 1 aliphatic heterocycles. The molecule has 1 fully saturated rings. The normalized spacial score (nSPS) is 42.0. The van der Waals surface area contributed by atoms with Gasteiger partial charge in [-0.3, -0.25) is 0 Å². The van der Waals surface area contributed by atoms with Crippen LogP contribution in [0.4, 0.5) is 0 Å². The third-order valence-corrected chi connectivity index (χ3v) is 2.65. The van der Waals surface area contributed by atoms with Gasteiger partial charge in [0.2, 0.25) is 0 Å². The summed E-state index contributed by atoms with van der Waals surface area (Å²) in [6, 6.07) is 0. The van der Waals surface area contributed by atoms with Crippen LogP contribution in [0.5, 0.6) is 0 Å². The van der Waals surface area contributed by atoms with Crippen LogP contribution >= 0.6 is 0 Å². The fourth-order valence-electron chi connectivity index (χ4n) is 1.99. The Bertz CT molecular complexity index is 186. The molecule has 1 heterocycles. The number of hydrogen-bond acceptors (Lipinski definition) is 2. The molecule has 0 radical (unpaired) electrons. The van der Waals surface area contributed by atoms with Crippen LogP contribution in [-0.2, 0) is 9.53 Å². The van der Waals surface area contributed by atoms with Crippen LogP contribution in [0.15, 0.2) is 12.2 Å². The third kappa shape index (κ3) is 1.11. The van der Waals surface area contributed by atoms with Gasteiger partial charge >= 0.3 is 0 Å². The Kier molecular flexibility index (Phi) is 1.78. The van der Waals surface area contributed by atoms with Crippen molar-refractivity contribution >= 4 is 6.29 Å².